The van der Waals surface area contributed by atoms with Gasteiger partial charge in [0.05, 0.1) is 12.5 Å². The Morgan fingerprint density at radius 3 is 3.07 bits per heavy atom. The Bertz CT molecular complexity index is 434. The molecule has 0 saturated carbocycles. The summed E-state index contributed by atoms with van der Waals surface area (Å²) in [5.74, 6) is 0. The summed E-state index contributed by atoms with van der Waals surface area (Å²) in [6.45, 7) is 0. The smallest absolute Gasteiger partial charge is 0.116 e. The Morgan fingerprint density at radius 2 is 2.33 bits per heavy atom. The van der Waals surface area contributed by atoms with Gasteiger partial charge in [0.2, 0.25) is 0 Å². The van der Waals surface area contributed by atoms with Crippen molar-refractivity contribution in [1.82, 2.24) is 0 Å². The van der Waals surface area contributed by atoms with Crippen molar-refractivity contribution in [2.24, 2.45) is 0 Å². The molecule has 0 aromatic carbocycles. The third kappa shape index (κ3) is 1.52. The first kappa shape index (κ1) is 9.19. The van der Waals surface area contributed by atoms with E-state index in [1.165, 1.54) is 29.7 Å². The SMILES string of the molecule is OC(c1ccoc1)c1cc2c(s1)CCC2. The van der Waals surface area contributed by atoms with Gasteiger partial charge < -0.3 is 9.52 Å². The minimum Gasteiger partial charge on any atom is -0.472 e. The lowest BCUT2D eigenvalue weighted by atomic mass is 10.1. The highest BCUT2D eigenvalue weighted by Crippen LogP contribution is 2.35. The highest BCUT2D eigenvalue weighted by atomic mass is 32.1. The molecule has 2 aromatic rings. The molecule has 1 unspecified atom stereocenters. The second-order valence-electron chi connectivity index (χ2n) is 3.91. The minimum absolute atomic E-state index is 0.514. The van der Waals surface area contributed by atoms with Crippen LogP contribution in [-0.4, -0.2) is 5.11 Å². The van der Waals surface area contributed by atoms with E-state index in [4.69, 9.17) is 4.42 Å². The van der Waals surface area contributed by atoms with Gasteiger partial charge in [0.15, 0.2) is 0 Å². The van der Waals surface area contributed by atoms with Gasteiger partial charge >= 0.3 is 0 Å². The van der Waals surface area contributed by atoms with E-state index < -0.39 is 6.10 Å². The van der Waals surface area contributed by atoms with Crippen LogP contribution in [0.25, 0.3) is 0 Å². The fraction of sp³-hybridized carbons (Fsp3) is 0.333. The third-order valence-corrected chi connectivity index (χ3v) is 4.18. The number of thiophene rings is 1. The van der Waals surface area contributed by atoms with Gasteiger partial charge in [-0.15, -0.1) is 11.3 Å². The summed E-state index contributed by atoms with van der Waals surface area (Å²) in [5.41, 5.74) is 2.27. The predicted octanol–water partition coefficient (Wildman–Crippen LogP) is 2.91. The molecule has 0 amide bonds. The van der Waals surface area contributed by atoms with Crippen molar-refractivity contribution in [2.75, 3.05) is 0 Å². The van der Waals surface area contributed by atoms with Crippen LogP contribution in [0.1, 0.15) is 33.4 Å². The van der Waals surface area contributed by atoms with Crippen molar-refractivity contribution in [2.45, 2.75) is 25.4 Å². The van der Waals surface area contributed by atoms with Crippen LogP contribution in [0.5, 0.6) is 0 Å². The zero-order valence-electron chi connectivity index (χ0n) is 8.27. The molecule has 3 rings (SSSR count). The van der Waals surface area contributed by atoms with Crippen molar-refractivity contribution in [1.29, 1.82) is 0 Å². The summed E-state index contributed by atoms with van der Waals surface area (Å²) in [7, 11) is 0. The minimum atomic E-state index is -0.514. The van der Waals surface area contributed by atoms with Crippen molar-refractivity contribution in [3.05, 3.63) is 45.5 Å². The lowest BCUT2D eigenvalue weighted by Crippen LogP contribution is -1.94. The first-order valence-electron chi connectivity index (χ1n) is 5.16. The van der Waals surface area contributed by atoms with Crippen LogP contribution in [0, 0.1) is 0 Å². The largest absolute Gasteiger partial charge is 0.472 e. The number of aliphatic hydroxyl groups excluding tert-OH is 1. The molecule has 0 fully saturated rings. The predicted molar refractivity (Wildman–Crippen MR) is 59.1 cm³/mol. The average Bonchev–Trinajstić information content (AvgIpc) is 2.92. The zero-order valence-corrected chi connectivity index (χ0v) is 9.09. The molecule has 15 heavy (non-hydrogen) atoms. The summed E-state index contributed by atoms with van der Waals surface area (Å²) in [4.78, 5) is 2.49. The molecule has 3 heteroatoms. The molecule has 0 radical (unpaired) electrons. The quantitative estimate of drug-likeness (QED) is 0.844. The number of fused-ring (bicyclic) bond motifs is 1. The maximum atomic E-state index is 10.1. The van der Waals surface area contributed by atoms with Crippen molar-refractivity contribution in [3.63, 3.8) is 0 Å². The lowest BCUT2D eigenvalue weighted by Gasteiger charge is -2.04. The summed E-state index contributed by atoms with van der Waals surface area (Å²) < 4.78 is 4.98. The van der Waals surface area contributed by atoms with Gasteiger partial charge in [0.25, 0.3) is 0 Å². The van der Waals surface area contributed by atoms with E-state index in [9.17, 15) is 5.11 Å². The Labute approximate surface area is 92.2 Å². The molecule has 0 saturated heterocycles. The summed E-state index contributed by atoms with van der Waals surface area (Å²) in [5, 5.41) is 10.1. The molecule has 2 heterocycles. The van der Waals surface area contributed by atoms with E-state index in [2.05, 4.69) is 6.07 Å². The van der Waals surface area contributed by atoms with Crippen molar-refractivity contribution < 1.29 is 9.52 Å². The molecule has 0 spiro atoms. The monoisotopic (exact) mass is 220 g/mol. The van der Waals surface area contributed by atoms with Gasteiger partial charge in [-0.05, 0) is 37.0 Å². The Balaban J connectivity index is 1.93. The number of aliphatic hydroxyl groups is 1. The zero-order chi connectivity index (χ0) is 10.3. The van der Waals surface area contributed by atoms with E-state index in [-0.39, 0.29) is 0 Å². The standard InChI is InChI=1S/C12H12O2S/c13-12(9-4-5-14-7-9)11-6-8-2-1-3-10(8)15-11/h4-7,12-13H,1-3H2. The number of aryl methyl sites for hydroxylation is 2. The number of hydrogen-bond donors (Lipinski definition) is 1. The maximum Gasteiger partial charge on any atom is 0.116 e. The molecule has 0 bridgehead atoms. The molecule has 2 nitrogen and oxygen atoms in total. The number of hydrogen-bond acceptors (Lipinski definition) is 3. The van der Waals surface area contributed by atoms with Crippen molar-refractivity contribution >= 4 is 11.3 Å². The Hall–Kier alpha value is -1.06. The molecule has 1 aliphatic carbocycles. The molecule has 1 N–H and O–H groups in total. The maximum absolute atomic E-state index is 10.1. The topological polar surface area (TPSA) is 33.4 Å². The Morgan fingerprint density at radius 1 is 1.40 bits per heavy atom. The Kier molecular flexibility index (Phi) is 2.15. The number of rotatable bonds is 2. The average molecular weight is 220 g/mol. The molecule has 1 aliphatic rings. The van der Waals surface area contributed by atoms with E-state index in [1.54, 1.807) is 23.9 Å². The number of furan rings is 1. The molecule has 78 valence electrons. The normalized spacial score (nSPS) is 16.6. The van der Waals surface area contributed by atoms with Crippen LogP contribution >= 0.6 is 11.3 Å². The van der Waals surface area contributed by atoms with Gasteiger partial charge in [-0.1, -0.05) is 0 Å². The van der Waals surface area contributed by atoms with Crippen LogP contribution in [0.15, 0.2) is 29.1 Å². The van der Waals surface area contributed by atoms with Crippen LogP contribution in [-0.2, 0) is 12.8 Å². The molecule has 1 atom stereocenters. The summed E-state index contributed by atoms with van der Waals surface area (Å²) in [6, 6.07) is 3.96. The van der Waals surface area contributed by atoms with E-state index >= 15 is 0 Å². The van der Waals surface area contributed by atoms with Gasteiger partial charge in [0, 0.05) is 15.3 Å². The summed E-state index contributed by atoms with van der Waals surface area (Å²) in [6.07, 6.45) is 6.31. The van der Waals surface area contributed by atoms with Crippen LogP contribution in [0.2, 0.25) is 0 Å². The van der Waals surface area contributed by atoms with Gasteiger partial charge in [-0.2, -0.15) is 0 Å². The van der Waals surface area contributed by atoms with Crippen LogP contribution in [0.4, 0.5) is 0 Å². The third-order valence-electron chi connectivity index (χ3n) is 2.89. The lowest BCUT2D eigenvalue weighted by molar-refractivity contribution is 0.223. The molecular formula is C12H12O2S. The highest BCUT2D eigenvalue weighted by molar-refractivity contribution is 7.12. The second kappa shape index (κ2) is 3.51. The van der Waals surface area contributed by atoms with Gasteiger partial charge in [-0.3, -0.25) is 0 Å². The van der Waals surface area contributed by atoms with E-state index in [1.807, 2.05) is 6.07 Å². The van der Waals surface area contributed by atoms with E-state index in [0.29, 0.717) is 0 Å². The summed E-state index contributed by atoms with van der Waals surface area (Å²) >= 11 is 1.74. The molecule has 2 aromatic heterocycles. The van der Waals surface area contributed by atoms with Crippen LogP contribution < -0.4 is 0 Å². The van der Waals surface area contributed by atoms with E-state index in [0.717, 1.165) is 10.4 Å². The first-order chi connectivity index (χ1) is 7.34. The van der Waals surface area contributed by atoms with Crippen LogP contribution in [0.3, 0.4) is 0 Å². The highest BCUT2D eigenvalue weighted by Gasteiger charge is 2.20. The fourth-order valence-corrected chi connectivity index (χ4v) is 3.35. The van der Waals surface area contributed by atoms with Gasteiger partial charge in [0.1, 0.15) is 6.10 Å². The molecular weight excluding hydrogens is 208 g/mol. The second-order valence-corrected chi connectivity index (χ2v) is 5.08. The first-order valence-corrected chi connectivity index (χ1v) is 5.98. The van der Waals surface area contributed by atoms with Gasteiger partial charge in [-0.25, -0.2) is 0 Å². The fourth-order valence-electron chi connectivity index (χ4n) is 2.08. The molecule has 0 aliphatic heterocycles. The van der Waals surface area contributed by atoms with Crippen molar-refractivity contribution in [3.8, 4) is 0 Å².